The van der Waals surface area contributed by atoms with E-state index in [4.69, 9.17) is 74.3 Å². The van der Waals surface area contributed by atoms with E-state index in [1.54, 1.807) is 31.2 Å². The fourth-order valence-corrected chi connectivity index (χ4v) is 6.67. The molecular formula is C18H14Cl6O3. The third-order valence-corrected chi connectivity index (χ3v) is 9.35. The van der Waals surface area contributed by atoms with E-state index in [2.05, 4.69) is 0 Å². The molecule has 0 aliphatic heterocycles. The van der Waals surface area contributed by atoms with Crippen molar-refractivity contribution in [2.45, 2.75) is 27.9 Å². The molecule has 0 N–H and O–H groups in total. The average molecular weight is 491 g/mol. The Morgan fingerprint density at radius 3 is 1.93 bits per heavy atom. The molecule has 0 amide bonds. The van der Waals surface area contributed by atoms with Crippen molar-refractivity contribution >= 4 is 81.4 Å². The van der Waals surface area contributed by atoms with Crippen LogP contribution < -0.4 is 0 Å². The van der Waals surface area contributed by atoms with Crippen LogP contribution in [0.3, 0.4) is 0 Å². The number of aryl methyl sites for hydroxylation is 1. The van der Waals surface area contributed by atoms with Gasteiger partial charge in [-0.1, -0.05) is 76.2 Å². The average Bonchev–Trinajstić information content (AvgIpc) is 2.82. The first-order valence-electron chi connectivity index (χ1n) is 8.05. The topological polar surface area (TPSA) is 43.4 Å². The van der Waals surface area contributed by atoms with E-state index in [9.17, 15) is 9.59 Å². The first-order chi connectivity index (χ1) is 12.5. The van der Waals surface area contributed by atoms with Crippen molar-refractivity contribution in [2.24, 2.45) is 11.8 Å². The summed E-state index contributed by atoms with van der Waals surface area (Å²) in [7, 11) is 0. The summed E-state index contributed by atoms with van der Waals surface area (Å²) in [5.74, 6) is -3.81. The molecule has 1 aromatic carbocycles. The summed E-state index contributed by atoms with van der Waals surface area (Å²) in [5.41, 5.74) is 1.28. The number of halogens is 6. The number of hydrogen-bond donors (Lipinski definition) is 0. The Hall–Kier alpha value is -0.160. The summed E-state index contributed by atoms with van der Waals surface area (Å²) in [6.45, 7) is 3.57. The highest BCUT2D eigenvalue weighted by Crippen LogP contribution is 2.76. The molecule has 0 spiro atoms. The van der Waals surface area contributed by atoms with Gasteiger partial charge in [0.25, 0.3) is 0 Å². The number of fused-ring (bicyclic) bond motifs is 2. The van der Waals surface area contributed by atoms with Crippen LogP contribution in [0.4, 0.5) is 0 Å². The van der Waals surface area contributed by atoms with Crippen molar-refractivity contribution in [2.75, 3.05) is 6.61 Å². The molecule has 1 fully saturated rings. The van der Waals surface area contributed by atoms with Gasteiger partial charge in [0.1, 0.15) is 9.75 Å². The number of allylic oxidation sites excluding steroid dienone is 2. The maximum absolute atomic E-state index is 13.4. The highest BCUT2D eigenvalue weighted by Gasteiger charge is 2.85. The standard InChI is InChI=1S/C18H14Cl6O3/c1-3-27-15(26)11-10(12(25)9-6-4-8(2)5-7-9)16(21)13(19)14(20)17(11,22)18(16,23)24/h4-7,10-11H,3H2,1-2H3. The first-order valence-corrected chi connectivity index (χ1v) is 10.3. The molecule has 0 aromatic heterocycles. The Morgan fingerprint density at radius 2 is 1.44 bits per heavy atom. The number of carbonyl (C=O) groups is 2. The molecule has 3 rings (SSSR count). The number of carbonyl (C=O) groups excluding carboxylic acids is 2. The lowest BCUT2D eigenvalue weighted by molar-refractivity contribution is -0.149. The molecule has 1 saturated carbocycles. The summed E-state index contributed by atoms with van der Waals surface area (Å²) >= 11 is 39.1. The van der Waals surface area contributed by atoms with Crippen LogP contribution in [0.15, 0.2) is 34.3 Å². The van der Waals surface area contributed by atoms with Gasteiger partial charge in [0.15, 0.2) is 10.1 Å². The fourth-order valence-electron chi connectivity index (χ4n) is 3.74. The van der Waals surface area contributed by atoms with Gasteiger partial charge in [0.2, 0.25) is 0 Å². The molecule has 27 heavy (non-hydrogen) atoms. The molecule has 2 aliphatic carbocycles. The van der Waals surface area contributed by atoms with Crippen molar-refractivity contribution in [1.82, 2.24) is 0 Å². The third-order valence-electron chi connectivity index (χ3n) is 5.09. The van der Waals surface area contributed by atoms with Gasteiger partial charge >= 0.3 is 5.97 Å². The van der Waals surface area contributed by atoms with Gasteiger partial charge in [-0.15, -0.1) is 23.2 Å². The van der Waals surface area contributed by atoms with Crippen LogP contribution in [0.25, 0.3) is 0 Å². The quantitative estimate of drug-likeness (QED) is 0.303. The Labute approximate surface area is 186 Å². The normalized spacial score (nSPS) is 34.1. The number of alkyl halides is 4. The number of ether oxygens (including phenoxy) is 1. The molecule has 1 aromatic rings. The molecule has 9 heteroatoms. The van der Waals surface area contributed by atoms with Gasteiger partial charge in [-0.2, -0.15) is 0 Å². The number of hydrogen-bond acceptors (Lipinski definition) is 3. The van der Waals surface area contributed by atoms with E-state index in [1.807, 2.05) is 6.92 Å². The second kappa shape index (κ2) is 6.97. The molecule has 4 atom stereocenters. The van der Waals surface area contributed by atoms with Gasteiger partial charge in [-0.3, -0.25) is 9.59 Å². The predicted octanol–water partition coefficient (Wildman–Crippen LogP) is 5.82. The SMILES string of the molecule is CCOC(=O)C1C(C(=O)c2ccc(C)cc2)C2(Cl)C(Cl)=C(Cl)C1(Cl)C2(Cl)Cl. The molecule has 2 bridgehead atoms. The lowest BCUT2D eigenvalue weighted by atomic mass is 9.77. The molecule has 0 heterocycles. The van der Waals surface area contributed by atoms with Gasteiger partial charge in [-0.05, 0) is 13.8 Å². The zero-order valence-electron chi connectivity index (χ0n) is 14.2. The number of Topliss-reactive ketones (excluding diaryl/α,β-unsaturated/α-hetero) is 1. The minimum Gasteiger partial charge on any atom is -0.466 e. The van der Waals surface area contributed by atoms with E-state index in [1.165, 1.54) is 0 Å². The zero-order chi connectivity index (χ0) is 20.4. The van der Waals surface area contributed by atoms with Crippen molar-refractivity contribution in [3.05, 3.63) is 45.5 Å². The van der Waals surface area contributed by atoms with E-state index in [0.717, 1.165) is 5.56 Å². The third kappa shape index (κ3) is 2.62. The molecule has 3 nitrogen and oxygen atoms in total. The zero-order valence-corrected chi connectivity index (χ0v) is 18.7. The van der Waals surface area contributed by atoms with Crippen molar-refractivity contribution in [3.8, 4) is 0 Å². The van der Waals surface area contributed by atoms with Crippen LogP contribution in [0.5, 0.6) is 0 Å². The number of ketones is 1. The van der Waals surface area contributed by atoms with Crippen molar-refractivity contribution in [1.29, 1.82) is 0 Å². The molecular weight excluding hydrogens is 477 g/mol. The van der Waals surface area contributed by atoms with Gasteiger partial charge in [0, 0.05) is 5.56 Å². The minimum absolute atomic E-state index is 0.0651. The molecule has 2 aliphatic rings. The summed E-state index contributed by atoms with van der Waals surface area (Å²) in [6, 6.07) is 6.76. The molecule has 146 valence electrons. The van der Waals surface area contributed by atoms with Crippen LogP contribution in [0.1, 0.15) is 22.8 Å². The van der Waals surface area contributed by atoms with Crippen molar-refractivity contribution < 1.29 is 14.3 Å². The van der Waals surface area contributed by atoms with Gasteiger partial charge < -0.3 is 4.74 Å². The highest BCUT2D eigenvalue weighted by molar-refractivity contribution is 6.66. The number of rotatable bonds is 4. The predicted molar refractivity (Wildman–Crippen MR) is 109 cm³/mol. The van der Waals surface area contributed by atoms with Crippen LogP contribution >= 0.6 is 69.6 Å². The van der Waals surface area contributed by atoms with Crippen LogP contribution in [-0.4, -0.2) is 32.4 Å². The maximum atomic E-state index is 13.4. The fraction of sp³-hybridized carbons (Fsp3) is 0.444. The smallest absolute Gasteiger partial charge is 0.312 e. The second-order valence-corrected chi connectivity index (χ2v) is 9.84. The minimum atomic E-state index is -2.01. The Morgan fingerprint density at radius 1 is 0.963 bits per heavy atom. The Balaban J connectivity index is 2.22. The largest absolute Gasteiger partial charge is 0.466 e. The monoisotopic (exact) mass is 488 g/mol. The van der Waals surface area contributed by atoms with Gasteiger partial charge in [0.05, 0.1) is 28.5 Å². The summed E-state index contributed by atoms with van der Waals surface area (Å²) < 4.78 is 3.11. The van der Waals surface area contributed by atoms with E-state index in [-0.39, 0.29) is 16.7 Å². The lowest BCUT2D eigenvalue weighted by Crippen LogP contribution is -2.46. The maximum Gasteiger partial charge on any atom is 0.312 e. The summed E-state index contributed by atoms with van der Waals surface area (Å²) in [6.07, 6.45) is 0. The van der Waals surface area contributed by atoms with Crippen LogP contribution in [0.2, 0.25) is 0 Å². The van der Waals surface area contributed by atoms with E-state index < -0.39 is 37.7 Å². The summed E-state index contributed by atoms with van der Waals surface area (Å²) in [5, 5.41) is -0.298. The second-order valence-electron chi connectivity index (χ2n) is 6.56. The number of esters is 1. The van der Waals surface area contributed by atoms with Gasteiger partial charge in [-0.25, -0.2) is 0 Å². The highest BCUT2D eigenvalue weighted by atomic mass is 35.5. The molecule has 0 saturated heterocycles. The molecule has 0 radical (unpaired) electrons. The summed E-state index contributed by atoms with van der Waals surface area (Å²) in [4.78, 5) is 22.4. The lowest BCUT2D eigenvalue weighted by Gasteiger charge is -2.34. The molecule has 4 unspecified atom stereocenters. The van der Waals surface area contributed by atoms with E-state index >= 15 is 0 Å². The van der Waals surface area contributed by atoms with E-state index in [0.29, 0.717) is 5.56 Å². The van der Waals surface area contributed by atoms with Crippen molar-refractivity contribution in [3.63, 3.8) is 0 Å². The Bertz CT molecular complexity index is 849. The number of benzene rings is 1. The Kier molecular flexibility index (Phi) is 5.56. The first kappa shape index (κ1) is 21.5. The van der Waals surface area contributed by atoms with Crippen LogP contribution in [0, 0.1) is 18.8 Å². The van der Waals surface area contributed by atoms with Crippen LogP contribution in [-0.2, 0) is 9.53 Å².